The summed E-state index contributed by atoms with van der Waals surface area (Å²) in [6.45, 7) is 3.54. The third kappa shape index (κ3) is 3.53. The predicted molar refractivity (Wildman–Crippen MR) is 116 cm³/mol. The molecule has 1 saturated carbocycles. The van der Waals surface area contributed by atoms with Crippen LogP contribution in [0, 0.1) is 5.92 Å². The molecular formula is C22H23Cl2N3O4. The Balaban J connectivity index is 1.55. The average Bonchev–Trinajstić information content (AvgIpc) is 3.38. The molecule has 7 nitrogen and oxygen atoms in total. The second kappa shape index (κ2) is 7.69. The highest BCUT2D eigenvalue weighted by molar-refractivity contribution is 6.33. The normalized spacial score (nSPS) is 28.2. The predicted octanol–water partition coefficient (Wildman–Crippen LogP) is 4.05. The Bertz CT molecular complexity index is 1140. The minimum atomic E-state index is -0.852. The largest absolute Gasteiger partial charge is 0.392 e. The lowest BCUT2D eigenvalue weighted by molar-refractivity contribution is -0.165. The van der Waals surface area contributed by atoms with Crippen LogP contribution >= 0.6 is 23.2 Å². The van der Waals surface area contributed by atoms with Crippen LogP contribution < -0.4 is 0 Å². The molecule has 0 amide bonds. The SMILES string of the molecule is CC1(C)O[C@@H]2[C@H](O1)[C@@H](C(O)c1ccc(Cl)cc1CO)C[C@H]2n1ccc2c(Cl)ncnc21. The van der Waals surface area contributed by atoms with E-state index in [-0.39, 0.29) is 30.8 Å². The fourth-order valence-corrected chi connectivity index (χ4v) is 5.40. The molecule has 1 aliphatic carbocycles. The van der Waals surface area contributed by atoms with Crippen molar-refractivity contribution < 1.29 is 19.7 Å². The molecule has 1 aromatic carbocycles. The van der Waals surface area contributed by atoms with Crippen LogP contribution in [-0.4, -0.2) is 42.7 Å². The molecule has 1 unspecified atom stereocenters. The molecule has 3 heterocycles. The monoisotopic (exact) mass is 463 g/mol. The Morgan fingerprint density at radius 1 is 1.19 bits per heavy atom. The van der Waals surface area contributed by atoms with Gasteiger partial charge in [0.25, 0.3) is 0 Å². The number of aliphatic hydroxyl groups is 2. The number of nitrogens with zero attached hydrogens (tertiary/aromatic N) is 3. The molecule has 1 saturated heterocycles. The molecule has 0 bridgehead atoms. The van der Waals surface area contributed by atoms with Crippen molar-refractivity contribution in [3.8, 4) is 0 Å². The summed E-state index contributed by atoms with van der Waals surface area (Å²) in [5.41, 5.74) is 1.96. The number of hydrogen-bond acceptors (Lipinski definition) is 6. The van der Waals surface area contributed by atoms with E-state index in [0.717, 1.165) is 11.0 Å². The van der Waals surface area contributed by atoms with Crippen molar-refractivity contribution in [3.63, 3.8) is 0 Å². The van der Waals surface area contributed by atoms with Crippen LogP contribution in [0.25, 0.3) is 11.0 Å². The molecule has 0 spiro atoms. The Labute approximate surface area is 189 Å². The van der Waals surface area contributed by atoms with Gasteiger partial charge in [-0.1, -0.05) is 29.3 Å². The number of halogens is 2. The molecule has 1 aliphatic heterocycles. The Hall–Kier alpha value is -1.74. The summed E-state index contributed by atoms with van der Waals surface area (Å²) in [7, 11) is 0. The van der Waals surface area contributed by atoms with Crippen molar-refractivity contribution in [1.29, 1.82) is 0 Å². The molecule has 2 fully saturated rings. The lowest BCUT2D eigenvalue weighted by atomic mass is 9.89. The molecule has 5 rings (SSSR count). The maximum Gasteiger partial charge on any atom is 0.163 e. The lowest BCUT2D eigenvalue weighted by Crippen LogP contribution is -2.29. The van der Waals surface area contributed by atoms with Gasteiger partial charge in [0.15, 0.2) is 5.79 Å². The van der Waals surface area contributed by atoms with Crippen molar-refractivity contribution in [2.45, 2.75) is 57.0 Å². The molecule has 3 aromatic rings. The zero-order chi connectivity index (χ0) is 21.9. The van der Waals surface area contributed by atoms with Crippen molar-refractivity contribution in [1.82, 2.24) is 14.5 Å². The van der Waals surface area contributed by atoms with E-state index < -0.39 is 11.9 Å². The molecule has 2 N–H and O–H groups in total. The van der Waals surface area contributed by atoms with Crippen LogP contribution in [0.1, 0.15) is 43.5 Å². The molecule has 2 aromatic heterocycles. The van der Waals surface area contributed by atoms with Gasteiger partial charge in [-0.15, -0.1) is 0 Å². The molecule has 5 atom stereocenters. The third-order valence-electron chi connectivity index (χ3n) is 6.30. The summed E-state index contributed by atoms with van der Waals surface area (Å²) in [6.07, 6.45) is 2.52. The Morgan fingerprint density at radius 3 is 2.74 bits per heavy atom. The van der Waals surface area contributed by atoms with E-state index in [2.05, 4.69) is 9.97 Å². The van der Waals surface area contributed by atoms with E-state index in [4.69, 9.17) is 32.7 Å². The van der Waals surface area contributed by atoms with Gasteiger partial charge >= 0.3 is 0 Å². The summed E-state index contributed by atoms with van der Waals surface area (Å²) in [4.78, 5) is 8.48. The number of aromatic nitrogens is 3. The fraction of sp³-hybridized carbons (Fsp3) is 0.455. The highest BCUT2D eigenvalue weighted by atomic mass is 35.5. The first-order valence-electron chi connectivity index (χ1n) is 10.2. The van der Waals surface area contributed by atoms with Crippen LogP contribution in [0.15, 0.2) is 36.8 Å². The summed E-state index contributed by atoms with van der Waals surface area (Å²) >= 11 is 12.3. The maximum atomic E-state index is 11.4. The van der Waals surface area contributed by atoms with Crippen LogP contribution in [0.5, 0.6) is 0 Å². The van der Waals surface area contributed by atoms with E-state index >= 15 is 0 Å². The first kappa shape index (κ1) is 21.1. The van der Waals surface area contributed by atoms with Gasteiger partial charge in [-0.2, -0.15) is 0 Å². The van der Waals surface area contributed by atoms with Gasteiger partial charge in [0.1, 0.15) is 23.2 Å². The van der Waals surface area contributed by atoms with Crippen molar-refractivity contribution >= 4 is 34.2 Å². The summed E-state index contributed by atoms with van der Waals surface area (Å²) in [5.74, 6) is -1.03. The van der Waals surface area contributed by atoms with Gasteiger partial charge in [-0.3, -0.25) is 0 Å². The maximum absolute atomic E-state index is 11.4. The number of fused-ring (bicyclic) bond motifs is 2. The quantitative estimate of drug-likeness (QED) is 0.567. The number of ether oxygens (including phenoxy) is 2. The van der Waals surface area contributed by atoms with E-state index in [0.29, 0.717) is 27.7 Å². The minimum absolute atomic E-state index is 0.111. The van der Waals surface area contributed by atoms with E-state index in [1.54, 1.807) is 18.2 Å². The summed E-state index contributed by atoms with van der Waals surface area (Å²) < 4.78 is 14.6. The standard InChI is InChI=1S/C22H23Cl2N3O4/c1-22(2)30-18-15(17(29)13-4-3-12(23)7-11(13)9-28)8-16(19(18)31-22)27-6-5-14-20(24)25-10-26-21(14)27/h3-7,10,15-19,28-29H,8-9H2,1-2H3/t15-,16-,17?,18-,19+/m1/s1. The van der Waals surface area contributed by atoms with E-state index in [9.17, 15) is 10.2 Å². The van der Waals surface area contributed by atoms with Crippen molar-refractivity contribution in [3.05, 3.63) is 58.1 Å². The zero-order valence-electron chi connectivity index (χ0n) is 17.1. The van der Waals surface area contributed by atoms with Crippen molar-refractivity contribution in [2.24, 2.45) is 5.92 Å². The van der Waals surface area contributed by atoms with E-state index in [1.165, 1.54) is 6.33 Å². The second-order valence-electron chi connectivity index (χ2n) is 8.60. The molecule has 31 heavy (non-hydrogen) atoms. The topological polar surface area (TPSA) is 89.6 Å². The lowest BCUT2D eigenvalue weighted by Gasteiger charge is -2.27. The highest BCUT2D eigenvalue weighted by Crippen LogP contribution is 2.51. The highest BCUT2D eigenvalue weighted by Gasteiger charge is 2.56. The van der Waals surface area contributed by atoms with Crippen LogP contribution in [-0.2, 0) is 16.1 Å². The number of aliphatic hydroxyl groups excluding tert-OH is 2. The fourth-order valence-electron chi connectivity index (χ4n) is 5.01. The molecular weight excluding hydrogens is 441 g/mol. The number of benzene rings is 1. The first-order chi connectivity index (χ1) is 14.8. The van der Waals surface area contributed by atoms with Gasteiger partial charge in [-0.25, -0.2) is 9.97 Å². The van der Waals surface area contributed by atoms with Gasteiger partial charge in [0, 0.05) is 17.1 Å². The molecule has 2 aliphatic rings. The zero-order valence-corrected chi connectivity index (χ0v) is 18.6. The van der Waals surface area contributed by atoms with Crippen molar-refractivity contribution in [2.75, 3.05) is 0 Å². The van der Waals surface area contributed by atoms with Crippen LogP contribution in [0.4, 0.5) is 0 Å². The van der Waals surface area contributed by atoms with E-state index in [1.807, 2.05) is 30.7 Å². The first-order valence-corrected chi connectivity index (χ1v) is 10.9. The Morgan fingerprint density at radius 2 is 1.97 bits per heavy atom. The van der Waals surface area contributed by atoms with Gasteiger partial charge in [0.2, 0.25) is 0 Å². The third-order valence-corrected chi connectivity index (χ3v) is 6.83. The number of rotatable bonds is 4. The smallest absolute Gasteiger partial charge is 0.163 e. The summed E-state index contributed by atoms with van der Waals surface area (Å²) in [5, 5.41) is 22.8. The second-order valence-corrected chi connectivity index (χ2v) is 9.40. The van der Waals surface area contributed by atoms with Gasteiger partial charge in [-0.05, 0) is 49.6 Å². The van der Waals surface area contributed by atoms with Crippen LogP contribution in [0.2, 0.25) is 10.2 Å². The molecule has 164 valence electrons. The van der Waals surface area contributed by atoms with Gasteiger partial charge < -0.3 is 24.3 Å². The Kier molecular flexibility index (Phi) is 5.24. The van der Waals surface area contributed by atoms with Gasteiger partial charge in [0.05, 0.1) is 30.2 Å². The van der Waals surface area contributed by atoms with Crippen LogP contribution in [0.3, 0.4) is 0 Å². The molecule has 9 heteroatoms. The minimum Gasteiger partial charge on any atom is -0.392 e. The summed E-state index contributed by atoms with van der Waals surface area (Å²) in [6, 6.07) is 6.94. The number of hydrogen-bond donors (Lipinski definition) is 2. The average molecular weight is 464 g/mol. The molecule has 0 radical (unpaired) electrons.